The van der Waals surface area contributed by atoms with E-state index < -0.39 is 0 Å². The molecule has 0 aliphatic heterocycles. The molecule has 0 saturated carbocycles. The van der Waals surface area contributed by atoms with Crippen LogP contribution >= 0.6 is 28.1 Å². The van der Waals surface area contributed by atoms with E-state index in [0.29, 0.717) is 11.8 Å². The van der Waals surface area contributed by atoms with E-state index >= 15 is 0 Å². The number of benzene rings is 2. The Morgan fingerprint density at radius 2 is 1.83 bits per heavy atom. The highest BCUT2D eigenvalue weighted by Crippen LogP contribution is 2.30. The van der Waals surface area contributed by atoms with Crippen molar-refractivity contribution < 1.29 is 9.47 Å². The van der Waals surface area contributed by atoms with Crippen LogP contribution < -0.4 is 10.1 Å². The Balaban J connectivity index is 2.23. The molecule has 0 aliphatic rings. The molecule has 0 saturated heterocycles. The molecule has 0 unspecified atom stereocenters. The molecule has 0 aliphatic carbocycles. The molecule has 3 nitrogen and oxygen atoms in total. The molecule has 0 atom stereocenters. The molecule has 1 N–H and O–H groups in total. The van der Waals surface area contributed by atoms with Crippen molar-refractivity contribution in [3.8, 4) is 5.75 Å². The Hall–Kier alpha value is -1.59. The third-order valence-electron chi connectivity index (χ3n) is 3.75. The number of methoxy groups -OCH3 is 1. The van der Waals surface area contributed by atoms with Crippen LogP contribution in [0.3, 0.4) is 0 Å². The fourth-order valence-electron chi connectivity index (χ4n) is 2.19. The summed E-state index contributed by atoms with van der Waals surface area (Å²) < 4.78 is 12.0. The van der Waals surface area contributed by atoms with Gasteiger partial charge in [0.25, 0.3) is 5.17 Å². The average Bonchev–Trinajstić information content (AvgIpc) is 2.51. The number of anilines is 1. The largest absolute Gasteiger partial charge is 0.488 e. The molecule has 0 radical (unpaired) electrons. The monoisotopic (exact) mass is 393 g/mol. The van der Waals surface area contributed by atoms with Gasteiger partial charge < -0.3 is 14.8 Å². The van der Waals surface area contributed by atoms with Gasteiger partial charge in [-0.3, -0.25) is 0 Å². The van der Waals surface area contributed by atoms with Gasteiger partial charge >= 0.3 is 0 Å². The zero-order valence-electron chi connectivity index (χ0n) is 13.7. The standard InChI is InChI=1S/C18H20BrNO2S/c1-11-6-5-7-16(20-18(23)21-4)14(11)10-22-17-9-13(3)12(2)8-15(17)19/h5-9H,10H2,1-4H3,(H,20,23). The van der Waals surface area contributed by atoms with E-state index in [9.17, 15) is 0 Å². The maximum atomic E-state index is 6.02. The van der Waals surface area contributed by atoms with Gasteiger partial charge in [-0.15, -0.1) is 0 Å². The third-order valence-corrected chi connectivity index (χ3v) is 4.64. The van der Waals surface area contributed by atoms with E-state index in [-0.39, 0.29) is 0 Å². The molecular formula is C18H20BrNO2S. The van der Waals surface area contributed by atoms with Gasteiger partial charge in [0.1, 0.15) is 12.4 Å². The fourth-order valence-corrected chi connectivity index (χ4v) is 2.87. The van der Waals surface area contributed by atoms with Crippen LogP contribution in [0.15, 0.2) is 34.8 Å². The highest BCUT2D eigenvalue weighted by Gasteiger charge is 2.10. The van der Waals surface area contributed by atoms with Crippen molar-refractivity contribution in [3.63, 3.8) is 0 Å². The van der Waals surface area contributed by atoms with Gasteiger partial charge in [0.05, 0.1) is 11.6 Å². The molecule has 0 amide bonds. The molecule has 0 aromatic heterocycles. The summed E-state index contributed by atoms with van der Waals surface area (Å²) in [5, 5.41) is 3.43. The zero-order valence-corrected chi connectivity index (χ0v) is 16.1. The van der Waals surface area contributed by atoms with Crippen LogP contribution in [0.5, 0.6) is 5.75 Å². The van der Waals surface area contributed by atoms with Gasteiger partial charge in [-0.1, -0.05) is 12.1 Å². The van der Waals surface area contributed by atoms with Crippen LogP contribution in [-0.2, 0) is 11.3 Å². The summed E-state index contributed by atoms with van der Waals surface area (Å²) in [5.41, 5.74) is 5.52. The Labute approximate surface area is 151 Å². The number of nitrogens with one attached hydrogen (secondary N) is 1. The van der Waals surface area contributed by atoms with Gasteiger partial charge in [0, 0.05) is 11.3 Å². The van der Waals surface area contributed by atoms with Crippen molar-refractivity contribution in [1.82, 2.24) is 0 Å². The Bertz CT molecular complexity index is 731. The lowest BCUT2D eigenvalue weighted by atomic mass is 10.1. The van der Waals surface area contributed by atoms with Gasteiger partial charge in [-0.05, 0) is 83.8 Å². The number of hydrogen-bond acceptors (Lipinski definition) is 3. The van der Waals surface area contributed by atoms with Crippen LogP contribution in [-0.4, -0.2) is 12.3 Å². The lowest BCUT2D eigenvalue weighted by Gasteiger charge is -2.16. The number of thiocarbonyl (C=S) groups is 1. The summed E-state index contributed by atoms with van der Waals surface area (Å²) >= 11 is 8.65. The van der Waals surface area contributed by atoms with Gasteiger partial charge in [-0.2, -0.15) is 0 Å². The minimum Gasteiger partial charge on any atom is -0.488 e. The van der Waals surface area contributed by atoms with E-state index in [0.717, 1.165) is 27.0 Å². The molecule has 2 rings (SSSR count). The second kappa shape index (κ2) is 7.79. The normalized spacial score (nSPS) is 10.3. The average molecular weight is 394 g/mol. The molecule has 0 heterocycles. The zero-order chi connectivity index (χ0) is 17.0. The molecular weight excluding hydrogens is 374 g/mol. The first-order chi connectivity index (χ1) is 10.9. The summed E-state index contributed by atoms with van der Waals surface area (Å²) in [6.45, 7) is 6.66. The smallest absolute Gasteiger partial charge is 0.260 e. The van der Waals surface area contributed by atoms with Crippen molar-refractivity contribution in [2.45, 2.75) is 27.4 Å². The number of hydrogen-bond donors (Lipinski definition) is 1. The maximum absolute atomic E-state index is 6.02. The Morgan fingerprint density at radius 3 is 2.52 bits per heavy atom. The number of aryl methyl sites for hydroxylation is 3. The first-order valence-corrected chi connectivity index (χ1v) is 8.45. The summed E-state index contributed by atoms with van der Waals surface area (Å²) in [4.78, 5) is 0. The minimum absolute atomic E-state index is 0.337. The second-order valence-corrected chi connectivity index (χ2v) is 6.60. The van der Waals surface area contributed by atoms with Gasteiger partial charge in [0.15, 0.2) is 0 Å². The molecule has 2 aromatic carbocycles. The van der Waals surface area contributed by atoms with E-state index in [4.69, 9.17) is 21.7 Å². The SMILES string of the molecule is COC(=S)Nc1cccc(C)c1COc1cc(C)c(C)cc1Br. The first kappa shape index (κ1) is 17.8. The highest BCUT2D eigenvalue weighted by molar-refractivity contribution is 9.10. The molecule has 0 bridgehead atoms. The predicted molar refractivity (Wildman–Crippen MR) is 102 cm³/mol. The van der Waals surface area contributed by atoms with Crippen LogP contribution in [0.4, 0.5) is 5.69 Å². The van der Waals surface area contributed by atoms with E-state index in [2.05, 4.69) is 54.2 Å². The summed E-state index contributed by atoms with van der Waals surface area (Å²) in [7, 11) is 1.55. The summed E-state index contributed by atoms with van der Waals surface area (Å²) in [6, 6.07) is 10.1. The quantitative estimate of drug-likeness (QED) is 0.714. The molecule has 122 valence electrons. The van der Waals surface area contributed by atoms with Gasteiger partial charge in [-0.25, -0.2) is 0 Å². The number of ether oxygens (including phenoxy) is 2. The van der Waals surface area contributed by atoms with Gasteiger partial charge in [0.2, 0.25) is 0 Å². The number of rotatable bonds is 4. The Kier molecular flexibility index (Phi) is 6.02. The molecule has 0 fully saturated rings. The number of halogens is 1. The lowest BCUT2D eigenvalue weighted by molar-refractivity contribution is 0.304. The third kappa shape index (κ3) is 4.45. The summed E-state index contributed by atoms with van der Waals surface area (Å²) in [5.74, 6) is 0.830. The van der Waals surface area contributed by atoms with E-state index in [1.807, 2.05) is 18.2 Å². The summed E-state index contributed by atoms with van der Waals surface area (Å²) in [6.07, 6.45) is 0. The fraction of sp³-hybridized carbons (Fsp3) is 0.278. The van der Waals surface area contributed by atoms with E-state index in [1.54, 1.807) is 7.11 Å². The molecule has 0 spiro atoms. The Morgan fingerprint density at radius 1 is 1.13 bits per heavy atom. The van der Waals surface area contributed by atoms with Crippen molar-refractivity contribution >= 4 is 39.0 Å². The van der Waals surface area contributed by atoms with Crippen LogP contribution in [0.2, 0.25) is 0 Å². The van der Waals surface area contributed by atoms with Crippen LogP contribution in [0, 0.1) is 20.8 Å². The lowest BCUT2D eigenvalue weighted by Crippen LogP contribution is -2.13. The predicted octanol–water partition coefficient (Wildman–Crippen LogP) is 5.30. The molecule has 5 heteroatoms. The minimum atomic E-state index is 0.337. The molecule has 2 aromatic rings. The highest BCUT2D eigenvalue weighted by atomic mass is 79.9. The second-order valence-electron chi connectivity index (χ2n) is 5.37. The topological polar surface area (TPSA) is 30.5 Å². The van der Waals surface area contributed by atoms with Crippen LogP contribution in [0.1, 0.15) is 22.3 Å². The van der Waals surface area contributed by atoms with Crippen molar-refractivity contribution in [3.05, 3.63) is 57.1 Å². The maximum Gasteiger partial charge on any atom is 0.260 e. The van der Waals surface area contributed by atoms with Crippen molar-refractivity contribution in [1.29, 1.82) is 0 Å². The van der Waals surface area contributed by atoms with Crippen molar-refractivity contribution in [2.75, 3.05) is 12.4 Å². The van der Waals surface area contributed by atoms with Crippen molar-refractivity contribution in [2.24, 2.45) is 0 Å². The first-order valence-electron chi connectivity index (χ1n) is 7.25. The van der Waals surface area contributed by atoms with E-state index in [1.165, 1.54) is 11.1 Å². The van der Waals surface area contributed by atoms with Crippen LogP contribution in [0.25, 0.3) is 0 Å². The molecule has 23 heavy (non-hydrogen) atoms.